The van der Waals surface area contributed by atoms with Crippen molar-refractivity contribution >= 4 is 11.3 Å². The maximum atomic E-state index is 3.58. The maximum Gasteiger partial charge on any atom is 0.0388 e. The molecule has 1 aromatic heterocycles. The van der Waals surface area contributed by atoms with Crippen LogP contribution >= 0.6 is 11.3 Å². The zero-order chi connectivity index (χ0) is 13.0. The molecule has 0 aliphatic carbocycles. The van der Waals surface area contributed by atoms with E-state index in [9.17, 15) is 0 Å². The molecule has 1 heterocycles. The number of hydrogen-bond donors (Lipinski definition) is 1. The van der Waals surface area contributed by atoms with E-state index < -0.39 is 0 Å². The second-order valence-corrected chi connectivity index (χ2v) is 5.95. The molecule has 1 unspecified atom stereocenters. The van der Waals surface area contributed by atoms with Crippen LogP contribution < -0.4 is 5.32 Å². The Morgan fingerprint density at radius 1 is 1.11 bits per heavy atom. The number of nitrogens with one attached hydrogen (secondary N) is 1. The predicted molar refractivity (Wildman–Crippen MR) is 80.1 cm³/mol. The highest BCUT2D eigenvalue weighted by Crippen LogP contribution is 2.23. The molecule has 0 fully saturated rings. The van der Waals surface area contributed by atoms with Crippen LogP contribution in [0.3, 0.4) is 0 Å². The summed E-state index contributed by atoms with van der Waals surface area (Å²) in [6.45, 7) is 7.50. The molecule has 0 saturated heterocycles. The van der Waals surface area contributed by atoms with Gasteiger partial charge in [-0.05, 0) is 38.0 Å². The molecule has 0 spiro atoms. The summed E-state index contributed by atoms with van der Waals surface area (Å²) in [5, 5.41) is 3.58. The van der Waals surface area contributed by atoms with E-state index in [4.69, 9.17) is 0 Å². The molecular weight excluding hydrogens is 238 g/mol. The first-order chi connectivity index (χ1) is 8.69. The zero-order valence-corrected chi connectivity index (χ0v) is 12.2. The van der Waals surface area contributed by atoms with Crippen molar-refractivity contribution in [2.24, 2.45) is 0 Å². The second-order valence-electron chi connectivity index (χ2n) is 4.75. The van der Waals surface area contributed by atoms with Crippen LogP contribution in [0, 0.1) is 6.92 Å². The zero-order valence-electron chi connectivity index (χ0n) is 11.4. The van der Waals surface area contributed by atoms with Gasteiger partial charge < -0.3 is 5.32 Å². The van der Waals surface area contributed by atoms with Gasteiger partial charge >= 0.3 is 0 Å². The third-order valence-corrected chi connectivity index (χ3v) is 4.60. The number of benzene rings is 1. The van der Waals surface area contributed by atoms with Crippen LogP contribution in [0.15, 0.2) is 36.4 Å². The summed E-state index contributed by atoms with van der Waals surface area (Å²) in [4.78, 5) is 2.90. The first kappa shape index (κ1) is 13.3. The van der Waals surface area contributed by atoms with E-state index >= 15 is 0 Å². The van der Waals surface area contributed by atoms with E-state index in [1.165, 1.54) is 20.9 Å². The Labute approximate surface area is 114 Å². The van der Waals surface area contributed by atoms with Gasteiger partial charge in [0.25, 0.3) is 0 Å². The van der Waals surface area contributed by atoms with Crippen molar-refractivity contribution in [3.05, 3.63) is 57.3 Å². The van der Waals surface area contributed by atoms with E-state index in [0.717, 1.165) is 13.0 Å². The van der Waals surface area contributed by atoms with Gasteiger partial charge in [0.05, 0.1) is 0 Å². The molecule has 0 aliphatic heterocycles. The molecule has 96 valence electrons. The molecule has 0 bridgehead atoms. The number of rotatable bonds is 5. The lowest BCUT2D eigenvalue weighted by Gasteiger charge is -2.12. The summed E-state index contributed by atoms with van der Waals surface area (Å²) in [5.41, 5.74) is 2.66. The Balaban J connectivity index is 1.91. The fraction of sp³-hybridized carbons (Fsp3) is 0.375. The number of thiophene rings is 1. The van der Waals surface area contributed by atoms with Gasteiger partial charge in [-0.2, -0.15) is 0 Å². The Morgan fingerprint density at radius 2 is 1.83 bits per heavy atom. The summed E-state index contributed by atoms with van der Waals surface area (Å²) in [7, 11) is 0. The largest absolute Gasteiger partial charge is 0.305 e. The third-order valence-electron chi connectivity index (χ3n) is 3.19. The van der Waals surface area contributed by atoms with Crippen molar-refractivity contribution < 1.29 is 0 Å². The molecule has 0 aliphatic rings. The SMILES string of the molecule is CCc1ccc(C(C)NCc2ccc(C)cc2)s1. The van der Waals surface area contributed by atoms with E-state index in [1.54, 1.807) is 0 Å². The summed E-state index contributed by atoms with van der Waals surface area (Å²) in [6.07, 6.45) is 1.13. The molecule has 0 amide bonds. The Morgan fingerprint density at radius 3 is 2.44 bits per heavy atom. The highest BCUT2D eigenvalue weighted by Gasteiger charge is 2.07. The molecule has 2 heteroatoms. The molecule has 0 saturated carbocycles. The van der Waals surface area contributed by atoms with Crippen LogP contribution in [0.2, 0.25) is 0 Å². The standard InChI is InChI=1S/C16H21NS/c1-4-15-9-10-16(18-15)13(3)17-11-14-7-5-12(2)6-8-14/h5-10,13,17H,4,11H2,1-3H3. The second kappa shape index (κ2) is 6.17. The number of hydrogen-bond acceptors (Lipinski definition) is 2. The molecular formula is C16H21NS. The summed E-state index contributed by atoms with van der Waals surface area (Å²) in [6, 6.07) is 13.6. The van der Waals surface area contributed by atoms with Gasteiger partial charge in [0.15, 0.2) is 0 Å². The van der Waals surface area contributed by atoms with Gasteiger partial charge in [-0.15, -0.1) is 11.3 Å². The van der Waals surface area contributed by atoms with Crippen LogP contribution in [0.4, 0.5) is 0 Å². The fourth-order valence-corrected chi connectivity index (χ4v) is 2.87. The van der Waals surface area contributed by atoms with Crippen molar-refractivity contribution in [2.75, 3.05) is 0 Å². The average molecular weight is 259 g/mol. The smallest absolute Gasteiger partial charge is 0.0388 e. The molecule has 1 nitrogen and oxygen atoms in total. The fourth-order valence-electron chi connectivity index (χ4n) is 1.89. The topological polar surface area (TPSA) is 12.0 Å². The lowest BCUT2D eigenvalue weighted by atomic mass is 10.1. The Kier molecular flexibility index (Phi) is 4.56. The minimum Gasteiger partial charge on any atom is -0.305 e. The minimum absolute atomic E-state index is 0.427. The molecule has 2 aromatic rings. The quantitative estimate of drug-likeness (QED) is 0.835. The monoisotopic (exact) mass is 259 g/mol. The van der Waals surface area contributed by atoms with Gasteiger partial charge in [-0.25, -0.2) is 0 Å². The highest BCUT2D eigenvalue weighted by molar-refractivity contribution is 7.12. The van der Waals surface area contributed by atoms with Crippen molar-refractivity contribution in [1.29, 1.82) is 0 Å². The van der Waals surface area contributed by atoms with Crippen LogP contribution in [0.1, 0.15) is 40.8 Å². The Bertz CT molecular complexity index is 484. The molecule has 18 heavy (non-hydrogen) atoms. The van der Waals surface area contributed by atoms with Gasteiger partial charge in [0, 0.05) is 22.3 Å². The lowest BCUT2D eigenvalue weighted by molar-refractivity contribution is 0.583. The van der Waals surface area contributed by atoms with Crippen molar-refractivity contribution in [2.45, 2.75) is 39.8 Å². The molecule has 1 aromatic carbocycles. The summed E-state index contributed by atoms with van der Waals surface area (Å²) in [5.74, 6) is 0. The van der Waals surface area contributed by atoms with Crippen LogP contribution in [0.25, 0.3) is 0 Å². The molecule has 1 N–H and O–H groups in total. The average Bonchev–Trinajstić information content (AvgIpc) is 2.86. The van der Waals surface area contributed by atoms with E-state index in [2.05, 4.69) is 62.5 Å². The summed E-state index contributed by atoms with van der Waals surface area (Å²) >= 11 is 1.92. The van der Waals surface area contributed by atoms with E-state index in [0.29, 0.717) is 6.04 Å². The summed E-state index contributed by atoms with van der Waals surface area (Å²) < 4.78 is 0. The maximum absolute atomic E-state index is 3.58. The van der Waals surface area contributed by atoms with Crippen LogP contribution in [-0.2, 0) is 13.0 Å². The molecule has 0 radical (unpaired) electrons. The molecule has 1 atom stereocenters. The first-order valence-electron chi connectivity index (χ1n) is 6.56. The Hall–Kier alpha value is -1.12. The number of aryl methyl sites for hydroxylation is 2. The lowest BCUT2D eigenvalue weighted by Crippen LogP contribution is -2.17. The van der Waals surface area contributed by atoms with Crippen molar-refractivity contribution in [3.8, 4) is 0 Å². The van der Waals surface area contributed by atoms with Crippen LogP contribution in [-0.4, -0.2) is 0 Å². The predicted octanol–water partition coefficient (Wildman–Crippen LogP) is 4.47. The van der Waals surface area contributed by atoms with Crippen molar-refractivity contribution in [1.82, 2.24) is 5.32 Å². The van der Waals surface area contributed by atoms with Gasteiger partial charge in [-0.3, -0.25) is 0 Å². The van der Waals surface area contributed by atoms with Gasteiger partial charge in [-0.1, -0.05) is 36.8 Å². The third kappa shape index (κ3) is 3.44. The highest BCUT2D eigenvalue weighted by atomic mass is 32.1. The van der Waals surface area contributed by atoms with Gasteiger partial charge in [0.2, 0.25) is 0 Å². The van der Waals surface area contributed by atoms with Gasteiger partial charge in [0.1, 0.15) is 0 Å². The minimum atomic E-state index is 0.427. The van der Waals surface area contributed by atoms with E-state index in [1.807, 2.05) is 11.3 Å². The molecule has 2 rings (SSSR count). The van der Waals surface area contributed by atoms with Crippen LogP contribution in [0.5, 0.6) is 0 Å². The normalized spacial score (nSPS) is 12.6. The van der Waals surface area contributed by atoms with Crippen molar-refractivity contribution in [3.63, 3.8) is 0 Å². The first-order valence-corrected chi connectivity index (χ1v) is 7.38. The van der Waals surface area contributed by atoms with E-state index in [-0.39, 0.29) is 0 Å².